The molecule has 0 fully saturated rings. The van der Waals surface area contributed by atoms with Gasteiger partial charge in [0, 0.05) is 17.6 Å². The fraction of sp³-hybridized carbons (Fsp3) is 0.280. The summed E-state index contributed by atoms with van der Waals surface area (Å²) in [5.74, 6) is 0.654. The number of H-pyrrole nitrogens is 1. The standard InChI is InChI=1S/C25H27ClN5O9P/c1-16-6-7-19(11-20(16)35-2)40-25(33)37-14-39-41(34,38-12-17-4-3-5-18(26)10-17)15-36-9-8-31-13-28-21-22(31)29-24(27)30-23(21)32/h3-7,10-11,13H,8-9,12,14-15H2,1-2H3,(H3,27,29,30,32). The average molecular weight is 608 g/mol. The van der Waals surface area contributed by atoms with E-state index in [1.54, 1.807) is 41.0 Å². The first-order chi connectivity index (χ1) is 19.7. The third kappa shape index (κ3) is 8.28. The lowest BCUT2D eigenvalue weighted by Crippen LogP contribution is -2.15. The highest BCUT2D eigenvalue weighted by atomic mass is 35.5. The number of carbonyl (C=O) groups excluding carboxylic acids is 1. The summed E-state index contributed by atoms with van der Waals surface area (Å²) in [6, 6.07) is 11.6. The van der Waals surface area contributed by atoms with E-state index in [2.05, 4.69) is 15.0 Å². The highest BCUT2D eigenvalue weighted by Crippen LogP contribution is 2.49. The maximum absolute atomic E-state index is 13.5. The number of halogens is 1. The van der Waals surface area contributed by atoms with E-state index >= 15 is 0 Å². The minimum atomic E-state index is -3.96. The number of methoxy groups -OCH3 is 1. The predicted octanol–water partition coefficient (Wildman–Crippen LogP) is 4.25. The third-order valence-corrected chi connectivity index (χ3v) is 7.30. The first-order valence-electron chi connectivity index (χ1n) is 12.1. The fourth-order valence-corrected chi connectivity index (χ4v) is 4.88. The second-order valence-electron chi connectivity index (χ2n) is 8.49. The number of benzene rings is 2. The molecule has 14 nitrogen and oxygen atoms in total. The highest BCUT2D eigenvalue weighted by Gasteiger charge is 2.27. The number of ether oxygens (including phenoxy) is 4. The Labute approximate surface area is 238 Å². The number of hydrogen-bond acceptors (Lipinski definition) is 12. The van der Waals surface area contributed by atoms with Gasteiger partial charge in [-0.1, -0.05) is 29.8 Å². The Hall–Kier alpha value is -3.94. The smallest absolute Gasteiger partial charge is 0.496 e. The van der Waals surface area contributed by atoms with E-state index < -0.39 is 32.5 Å². The number of hydrogen-bond donors (Lipinski definition) is 2. The molecular weight excluding hydrogens is 581 g/mol. The van der Waals surface area contributed by atoms with Crippen LogP contribution in [-0.4, -0.2) is 52.5 Å². The number of nitrogens with zero attached hydrogens (tertiary/aromatic N) is 3. The lowest BCUT2D eigenvalue weighted by atomic mass is 10.2. The summed E-state index contributed by atoms with van der Waals surface area (Å²) in [7, 11) is -2.47. The van der Waals surface area contributed by atoms with Crippen LogP contribution in [0.5, 0.6) is 11.5 Å². The molecule has 4 aromatic rings. The molecule has 0 bridgehead atoms. The highest BCUT2D eigenvalue weighted by molar-refractivity contribution is 7.53. The minimum absolute atomic E-state index is 0.0197. The van der Waals surface area contributed by atoms with Gasteiger partial charge in [0.2, 0.25) is 12.7 Å². The molecule has 0 aliphatic carbocycles. The Balaban J connectivity index is 1.34. The summed E-state index contributed by atoms with van der Waals surface area (Å²) in [6.07, 6.45) is -0.166. The lowest BCUT2D eigenvalue weighted by Gasteiger charge is -2.19. The van der Waals surface area contributed by atoms with Gasteiger partial charge < -0.3 is 33.8 Å². The number of nitrogens with two attached hydrogens (primary N) is 1. The molecule has 0 spiro atoms. The Morgan fingerprint density at radius 1 is 1.20 bits per heavy atom. The van der Waals surface area contributed by atoms with E-state index in [1.165, 1.54) is 19.5 Å². The Morgan fingerprint density at radius 3 is 2.80 bits per heavy atom. The van der Waals surface area contributed by atoms with Gasteiger partial charge in [-0.2, -0.15) is 4.98 Å². The number of carbonyl (C=O) groups is 1. The van der Waals surface area contributed by atoms with Crippen molar-refractivity contribution < 1.29 is 37.4 Å². The summed E-state index contributed by atoms with van der Waals surface area (Å²) >= 11 is 6.02. The molecule has 41 heavy (non-hydrogen) atoms. The zero-order chi connectivity index (χ0) is 29.4. The molecule has 1 unspecified atom stereocenters. The molecular formula is C25H27ClN5O9P. The van der Waals surface area contributed by atoms with Gasteiger partial charge in [-0.05, 0) is 36.2 Å². The van der Waals surface area contributed by atoms with Crippen LogP contribution in [0.4, 0.5) is 10.7 Å². The zero-order valence-corrected chi connectivity index (χ0v) is 23.7. The molecule has 2 aromatic heterocycles. The van der Waals surface area contributed by atoms with E-state index in [-0.39, 0.29) is 42.6 Å². The van der Waals surface area contributed by atoms with Crippen molar-refractivity contribution in [3.63, 3.8) is 0 Å². The summed E-state index contributed by atoms with van der Waals surface area (Å²) in [5.41, 5.74) is 7.01. The molecule has 0 aliphatic heterocycles. The number of aromatic amines is 1. The molecule has 2 heterocycles. The van der Waals surface area contributed by atoms with Crippen LogP contribution in [0.2, 0.25) is 5.02 Å². The molecule has 0 radical (unpaired) electrons. The van der Waals surface area contributed by atoms with Gasteiger partial charge in [0.05, 0.1) is 26.7 Å². The average Bonchev–Trinajstić information content (AvgIpc) is 3.34. The molecule has 0 saturated heterocycles. The maximum atomic E-state index is 13.5. The van der Waals surface area contributed by atoms with Crippen LogP contribution in [0, 0.1) is 6.92 Å². The predicted molar refractivity (Wildman–Crippen MR) is 148 cm³/mol. The van der Waals surface area contributed by atoms with Crippen molar-refractivity contribution >= 4 is 42.5 Å². The largest absolute Gasteiger partial charge is 0.515 e. The number of anilines is 1. The van der Waals surface area contributed by atoms with Crippen LogP contribution in [0.3, 0.4) is 0 Å². The van der Waals surface area contributed by atoms with Crippen LogP contribution < -0.4 is 20.8 Å². The number of aryl methyl sites for hydroxylation is 1. The SMILES string of the molecule is COc1cc(OC(=O)OCOP(=O)(COCCn2cnc3c(=O)[nH]c(N)nc32)OCc2cccc(Cl)c2)ccc1C. The van der Waals surface area contributed by atoms with Crippen molar-refractivity contribution in [2.24, 2.45) is 0 Å². The molecule has 3 N–H and O–H groups in total. The normalized spacial score (nSPS) is 12.7. The third-order valence-electron chi connectivity index (χ3n) is 5.54. The van der Waals surface area contributed by atoms with E-state index in [1.807, 2.05) is 6.92 Å². The van der Waals surface area contributed by atoms with Crippen LogP contribution in [0.15, 0.2) is 53.6 Å². The van der Waals surface area contributed by atoms with Crippen LogP contribution in [0.1, 0.15) is 11.1 Å². The summed E-state index contributed by atoms with van der Waals surface area (Å²) in [6.45, 7) is 1.20. The number of imidazole rings is 1. The zero-order valence-electron chi connectivity index (χ0n) is 22.1. The molecule has 0 aliphatic rings. The van der Waals surface area contributed by atoms with Crippen LogP contribution in [0.25, 0.3) is 11.2 Å². The van der Waals surface area contributed by atoms with Gasteiger partial charge in [0.1, 0.15) is 17.8 Å². The van der Waals surface area contributed by atoms with Crippen molar-refractivity contribution in [1.29, 1.82) is 0 Å². The number of fused-ring (bicyclic) bond motifs is 1. The van der Waals surface area contributed by atoms with Gasteiger partial charge in [-0.15, -0.1) is 0 Å². The number of rotatable bonds is 13. The van der Waals surface area contributed by atoms with Gasteiger partial charge in [-0.3, -0.25) is 18.9 Å². The topological polar surface area (TPSA) is 179 Å². The Morgan fingerprint density at radius 2 is 2.02 bits per heavy atom. The Kier molecular flexibility index (Phi) is 9.97. The van der Waals surface area contributed by atoms with Crippen molar-refractivity contribution in [2.75, 3.05) is 32.6 Å². The maximum Gasteiger partial charge on any atom is 0.515 e. The van der Waals surface area contributed by atoms with Crippen LogP contribution >= 0.6 is 19.2 Å². The number of nitrogen functional groups attached to an aromatic ring is 1. The minimum Gasteiger partial charge on any atom is -0.496 e. The van der Waals surface area contributed by atoms with Crippen molar-refractivity contribution in [3.05, 3.63) is 75.3 Å². The van der Waals surface area contributed by atoms with E-state index in [0.717, 1.165) is 5.56 Å². The molecule has 0 saturated carbocycles. The summed E-state index contributed by atoms with van der Waals surface area (Å²) < 4.78 is 46.7. The monoisotopic (exact) mass is 607 g/mol. The van der Waals surface area contributed by atoms with Gasteiger partial charge in [0.15, 0.2) is 11.2 Å². The first kappa shape index (κ1) is 30.0. The second-order valence-corrected chi connectivity index (χ2v) is 10.9. The first-order valence-corrected chi connectivity index (χ1v) is 14.2. The molecule has 218 valence electrons. The lowest BCUT2D eigenvalue weighted by molar-refractivity contribution is 0.0153. The molecule has 0 amide bonds. The molecule has 2 aromatic carbocycles. The van der Waals surface area contributed by atoms with Gasteiger partial charge >= 0.3 is 13.8 Å². The number of aromatic nitrogens is 4. The van der Waals surface area contributed by atoms with E-state index in [0.29, 0.717) is 16.3 Å². The molecule has 4 rings (SSSR count). The van der Waals surface area contributed by atoms with Crippen LogP contribution in [-0.2, 0) is 36.2 Å². The van der Waals surface area contributed by atoms with Gasteiger partial charge in [0.25, 0.3) is 5.56 Å². The van der Waals surface area contributed by atoms with E-state index in [9.17, 15) is 14.2 Å². The van der Waals surface area contributed by atoms with Crippen molar-refractivity contribution in [2.45, 2.75) is 20.1 Å². The van der Waals surface area contributed by atoms with Crippen molar-refractivity contribution in [1.82, 2.24) is 19.5 Å². The summed E-state index contributed by atoms with van der Waals surface area (Å²) in [4.78, 5) is 34.6. The second kappa shape index (κ2) is 13.6. The van der Waals surface area contributed by atoms with Gasteiger partial charge in [-0.25, -0.2) is 9.78 Å². The fourth-order valence-electron chi connectivity index (χ4n) is 3.53. The number of nitrogens with one attached hydrogen (secondary N) is 1. The quantitative estimate of drug-likeness (QED) is 0.0726. The van der Waals surface area contributed by atoms with E-state index in [4.69, 9.17) is 45.3 Å². The van der Waals surface area contributed by atoms with Crippen molar-refractivity contribution in [3.8, 4) is 11.5 Å². The molecule has 16 heteroatoms. The Bertz CT molecular complexity index is 1630. The summed E-state index contributed by atoms with van der Waals surface area (Å²) in [5, 5.41) is 0.470. The molecule has 1 atom stereocenters.